The van der Waals surface area contributed by atoms with Gasteiger partial charge in [-0.05, 0) is 43.4 Å². The van der Waals surface area contributed by atoms with E-state index in [4.69, 9.17) is 16.3 Å². The zero-order chi connectivity index (χ0) is 13.8. The van der Waals surface area contributed by atoms with Gasteiger partial charge in [0.05, 0.1) is 12.2 Å². The fraction of sp³-hybridized carbons (Fsp3) is 0.647. The summed E-state index contributed by atoms with van der Waals surface area (Å²) >= 11 is 6.13. The average Bonchev–Trinajstić information content (AvgIpc) is 3.29. The standard InChI is InChI=1S/C17H24ClNO/c18-14-6-4-5-13(11-14)17(12-19-15-9-10-15)20-16-7-2-1-3-8-16/h4-6,11,15-17,19H,1-3,7-10,12H2. The summed E-state index contributed by atoms with van der Waals surface area (Å²) < 4.78 is 6.39. The smallest absolute Gasteiger partial charge is 0.0953 e. The zero-order valence-electron chi connectivity index (χ0n) is 12.0. The van der Waals surface area contributed by atoms with Crippen LogP contribution in [0.15, 0.2) is 24.3 Å². The molecule has 1 aromatic carbocycles. The third kappa shape index (κ3) is 4.21. The molecule has 3 rings (SSSR count). The number of benzene rings is 1. The monoisotopic (exact) mass is 293 g/mol. The van der Waals surface area contributed by atoms with E-state index in [2.05, 4.69) is 11.4 Å². The maximum atomic E-state index is 6.39. The summed E-state index contributed by atoms with van der Waals surface area (Å²) in [6.07, 6.45) is 9.58. The molecule has 2 nitrogen and oxygen atoms in total. The Bertz CT molecular complexity index is 427. The average molecular weight is 294 g/mol. The SMILES string of the molecule is Clc1cccc(C(CNC2CC2)OC2CCCCC2)c1. The molecule has 2 aliphatic rings. The highest BCUT2D eigenvalue weighted by Crippen LogP contribution is 2.29. The number of nitrogens with one attached hydrogen (secondary N) is 1. The highest BCUT2D eigenvalue weighted by atomic mass is 35.5. The van der Waals surface area contributed by atoms with Gasteiger partial charge < -0.3 is 10.1 Å². The van der Waals surface area contributed by atoms with Crippen molar-refractivity contribution >= 4 is 11.6 Å². The summed E-state index contributed by atoms with van der Waals surface area (Å²) in [6.45, 7) is 0.904. The molecule has 0 saturated heterocycles. The van der Waals surface area contributed by atoms with Crippen molar-refractivity contribution in [3.8, 4) is 0 Å². The molecule has 0 bridgehead atoms. The van der Waals surface area contributed by atoms with E-state index in [-0.39, 0.29) is 6.10 Å². The fourth-order valence-corrected chi connectivity index (χ4v) is 3.14. The molecular weight excluding hydrogens is 270 g/mol. The summed E-state index contributed by atoms with van der Waals surface area (Å²) in [7, 11) is 0. The lowest BCUT2D eigenvalue weighted by Crippen LogP contribution is -2.29. The van der Waals surface area contributed by atoms with Crippen LogP contribution < -0.4 is 5.32 Å². The molecule has 1 atom stereocenters. The van der Waals surface area contributed by atoms with Gasteiger partial charge >= 0.3 is 0 Å². The first-order valence-corrected chi connectivity index (χ1v) is 8.33. The van der Waals surface area contributed by atoms with Crippen molar-refractivity contribution in [3.63, 3.8) is 0 Å². The largest absolute Gasteiger partial charge is 0.369 e. The van der Waals surface area contributed by atoms with Gasteiger partial charge in [-0.2, -0.15) is 0 Å². The lowest BCUT2D eigenvalue weighted by Gasteiger charge is -2.28. The van der Waals surface area contributed by atoms with Crippen LogP contribution in [0.5, 0.6) is 0 Å². The van der Waals surface area contributed by atoms with Crippen molar-refractivity contribution in [2.24, 2.45) is 0 Å². The first-order chi connectivity index (χ1) is 9.81. The van der Waals surface area contributed by atoms with Crippen LogP contribution in [-0.4, -0.2) is 18.7 Å². The Hall–Kier alpha value is -0.570. The van der Waals surface area contributed by atoms with Gasteiger partial charge in [0.25, 0.3) is 0 Å². The van der Waals surface area contributed by atoms with E-state index in [9.17, 15) is 0 Å². The van der Waals surface area contributed by atoms with Crippen LogP contribution >= 0.6 is 11.6 Å². The van der Waals surface area contributed by atoms with Crippen molar-refractivity contribution in [1.82, 2.24) is 5.32 Å². The highest BCUT2D eigenvalue weighted by Gasteiger charge is 2.25. The normalized spacial score (nSPS) is 21.9. The molecule has 1 aromatic rings. The summed E-state index contributed by atoms with van der Waals surface area (Å²) in [5.74, 6) is 0. The molecule has 0 heterocycles. The number of hydrogen-bond acceptors (Lipinski definition) is 2. The Kier molecular flexibility index (Phi) is 4.98. The van der Waals surface area contributed by atoms with Crippen LogP contribution in [0.2, 0.25) is 5.02 Å². The maximum Gasteiger partial charge on any atom is 0.0953 e. The van der Waals surface area contributed by atoms with Crippen LogP contribution in [0.1, 0.15) is 56.6 Å². The molecule has 0 spiro atoms. The van der Waals surface area contributed by atoms with Crippen LogP contribution in [-0.2, 0) is 4.74 Å². The molecule has 2 aliphatic carbocycles. The number of halogens is 1. The number of hydrogen-bond donors (Lipinski definition) is 1. The second-order valence-electron chi connectivity index (χ2n) is 6.12. The topological polar surface area (TPSA) is 21.3 Å². The molecule has 2 fully saturated rings. The van der Waals surface area contributed by atoms with E-state index >= 15 is 0 Å². The van der Waals surface area contributed by atoms with Gasteiger partial charge in [-0.3, -0.25) is 0 Å². The van der Waals surface area contributed by atoms with Gasteiger partial charge in [-0.15, -0.1) is 0 Å². The second-order valence-corrected chi connectivity index (χ2v) is 6.56. The van der Waals surface area contributed by atoms with Crippen molar-refractivity contribution in [1.29, 1.82) is 0 Å². The highest BCUT2D eigenvalue weighted by molar-refractivity contribution is 6.30. The minimum atomic E-state index is 0.136. The Labute approximate surface area is 126 Å². The summed E-state index contributed by atoms with van der Waals surface area (Å²) in [4.78, 5) is 0. The maximum absolute atomic E-state index is 6.39. The Morgan fingerprint density at radius 1 is 1.15 bits per heavy atom. The summed E-state index contributed by atoms with van der Waals surface area (Å²) in [6, 6.07) is 8.84. The van der Waals surface area contributed by atoms with Crippen LogP contribution in [0.4, 0.5) is 0 Å². The minimum Gasteiger partial charge on any atom is -0.369 e. The molecule has 110 valence electrons. The molecule has 2 saturated carbocycles. The molecule has 0 aromatic heterocycles. The van der Waals surface area contributed by atoms with Crippen LogP contribution in [0.25, 0.3) is 0 Å². The quantitative estimate of drug-likeness (QED) is 0.835. The lowest BCUT2D eigenvalue weighted by atomic mass is 9.97. The van der Waals surface area contributed by atoms with Crippen LogP contribution in [0.3, 0.4) is 0 Å². The molecule has 0 radical (unpaired) electrons. The van der Waals surface area contributed by atoms with Crippen molar-refractivity contribution in [3.05, 3.63) is 34.9 Å². The van der Waals surface area contributed by atoms with Crippen molar-refractivity contribution < 1.29 is 4.74 Å². The summed E-state index contributed by atoms with van der Waals surface area (Å²) in [5.41, 5.74) is 1.20. The van der Waals surface area contributed by atoms with Gasteiger partial charge in [0.15, 0.2) is 0 Å². The zero-order valence-corrected chi connectivity index (χ0v) is 12.7. The molecule has 0 aliphatic heterocycles. The van der Waals surface area contributed by atoms with Gasteiger partial charge in [-0.1, -0.05) is 43.0 Å². The van der Waals surface area contributed by atoms with E-state index in [1.54, 1.807) is 0 Å². The minimum absolute atomic E-state index is 0.136. The first kappa shape index (κ1) is 14.4. The first-order valence-electron chi connectivity index (χ1n) is 7.95. The van der Waals surface area contributed by atoms with E-state index in [1.165, 1.54) is 50.5 Å². The van der Waals surface area contributed by atoms with Gasteiger partial charge in [0.1, 0.15) is 0 Å². The number of rotatable bonds is 6. The van der Waals surface area contributed by atoms with Gasteiger partial charge in [0, 0.05) is 17.6 Å². The molecular formula is C17H24ClNO. The predicted molar refractivity (Wildman–Crippen MR) is 83.2 cm³/mol. The molecule has 1 unspecified atom stereocenters. The molecule has 3 heteroatoms. The Morgan fingerprint density at radius 2 is 1.95 bits per heavy atom. The Morgan fingerprint density at radius 3 is 2.65 bits per heavy atom. The van der Waals surface area contributed by atoms with E-state index < -0.39 is 0 Å². The third-order valence-corrected chi connectivity index (χ3v) is 4.53. The van der Waals surface area contributed by atoms with Gasteiger partial charge in [-0.25, -0.2) is 0 Å². The van der Waals surface area contributed by atoms with E-state index in [0.717, 1.165) is 11.6 Å². The molecule has 1 N–H and O–H groups in total. The van der Waals surface area contributed by atoms with Crippen LogP contribution in [0, 0.1) is 0 Å². The third-order valence-electron chi connectivity index (χ3n) is 4.30. The predicted octanol–water partition coefficient (Wildman–Crippen LogP) is 4.48. The molecule has 0 amide bonds. The van der Waals surface area contributed by atoms with E-state index in [0.29, 0.717) is 12.1 Å². The van der Waals surface area contributed by atoms with Crippen molar-refractivity contribution in [2.75, 3.05) is 6.54 Å². The van der Waals surface area contributed by atoms with Crippen molar-refractivity contribution in [2.45, 2.75) is 63.2 Å². The summed E-state index contributed by atoms with van der Waals surface area (Å²) in [5, 5.41) is 4.39. The Balaban J connectivity index is 1.64. The van der Waals surface area contributed by atoms with E-state index in [1.807, 2.05) is 18.2 Å². The lowest BCUT2D eigenvalue weighted by molar-refractivity contribution is -0.0307. The van der Waals surface area contributed by atoms with Gasteiger partial charge in [0.2, 0.25) is 0 Å². The second kappa shape index (κ2) is 6.93. The number of ether oxygens (including phenoxy) is 1. The fourth-order valence-electron chi connectivity index (χ4n) is 2.95. The molecule has 20 heavy (non-hydrogen) atoms.